The van der Waals surface area contributed by atoms with Crippen molar-refractivity contribution in [2.45, 2.75) is 45.6 Å². The van der Waals surface area contributed by atoms with Gasteiger partial charge in [-0.15, -0.1) is 0 Å². The summed E-state index contributed by atoms with van der Waals surface area (Å²) in [5, 5.41) is 10.4. The second kappa shape index (κ2) is 3.97. The molecule has 0 aromatic heterocycles. The SMILES string of the molecule is CC(C)[C@@H]1CC[C@@H](C)C[C@]1(O)CN. The zero-order chi connectivity index (χ0) is 10.1. The number of hydrogen-bond acceptors (Lipinski definition) is 2. The van der Waals surface area contributed by atoms with Gasteiger partial charge in [0.2, 0.25) is 0 Å². The Hall–Kier alpha value is -0.0800. The lowest BCUT2D eigenvalue weighted by atomic mass is 9.67. The van der Waals surface area contributed by atoms with Crippen LogP contribution >= 0.6 is 0 Å². The molecule has 1 aliphatic rings. The average molecular weight is 185 g/mol. The highest BCUT2D eigenvalue weighted by Gasteiger charge is 2.41. The van der Waals surface area contributed by atoms with E-state index in [-0.39, 0.29) is 0 Å². The third-order valence-corrected chi connectivity index (χ3v) is 3.52. The first-order chi connectivity index (χ1) is 5.99. The summed E-state index contributed by atoms with van der Waals surface area (Å²) in [6, 6.07) is 0. The van der Waals surface area contributed by atoms with E-state index in [2.05, 4.69) is 20.8 Å². The van der Waals surface area contributed by atoms with E-state index < -0.39 is 5.60 Å². The van der Waals surface area contributed by atoms with Crippen LogP contribution in [0.25, 0.3) is 0 Å². The highest BCUT2D eigenvalue weighted by atomic mass is 16.3. The molecule has 0 radical (unpaired) electrons. The molecule has 0 saturated heterocycles. The van der Waals surface area contributed by atoms with Crippen LogP contribution < -0.4 is 5.73 Å². The Morgan fingerprint density at radius 1 is 1.46 bits per heavy atom. The summed E-state index contributed by atoms with van der Waals surface area (Å²) in [5.41, 5.74) is 5.09. The molecule has 0 unspecified atom stereocenters. The molecule has 1 aliphatic carbocycles. The predicted molar refractivity (Wildman–Crippen MR) is 55.3 cm³/mol. The summed E-state index contributed by atoms with van der Waals surface area (Å²) in [6.07, 6.45) is 3.25. The molecule has 78 valence electrons. The molecule has 0 aromatic rings. The van der Waals surface area contributed by atoms with Crippen LogP contribution in [0.4, 0.5) is 0 Å². The quantitative estimate of drug-likeness (QED) is 0.688. The van der Waals surface area contributed by atoms with E-state index in [1.165, 1.54) is 6.42 Å². The molecule has 0 amide bonds. The van der Waals surface area contributed by atoms with Gasteiger partial charge in [0.05, 0.1) is 5.60 Å². The van der Waals surface area contributed by atoms with Gasteiger partial charge in [0, 0.05) is 6.54 Å². The Labute approximate surface area is 81.5 Å². The van der Waals surface area contributed by atoms with Gasteiger partial charge in [-0.25, -0.2) is 0 Å². The zero-order valence-corrected chi connectivity index (χ0v) is 9.09. The van der Waals surface area contributed by atoms with Crippen molar-refractivity contribution in [2.75, 3.05) is 6.54 Å². The summed E-state index contributed by atoms with van der Waals surface area (Å²) in [6.45, 7) is 6.99. The molecule has 0 aliphatic heterocycles. The van der Waals surface area contributed by atoms with Crippen molar-refractivity contribution >= 4 is 0 Å². The van der Waals surface area contributed by atoms with Gasteiger partial charge in [0.1, 0.15) is 0 Å². The molecule has 2 heteroatoms. The predicted octanol–water partition coefficient (Wildman–Crippen LogP) is 1.77. The van der Waals surface area contributed by atoms with Gasteiger partial charge in [0.25, 0.3) is 0 Å². The molecule has 0 bridgehead atoms. The fourth-order valence-electron chi connectivity index (χ4n) is 2.78. The number of aliphatic hydroxyl groups is 1. The van der Waals surface area contributed by atoms with E-state index in [0.717, 1.165) is 12.8 Å². The maximum Gasteiger partial charge on any atom is 0.0802 e. The average Bonchev–Trinajstić information content (AvgIpc) is 2.03. The molecular weight excluding hydrogens is 162 g/mol. The van der Waals surface area contributed by atoms with Crippen LogP contribution in [0.15, 0.2) is 0 Å². The third kappa shape index (κ3) is 2.23. The maximum absolute atomic E-state index is 10.4. The molecule has 3 N–H and O–H groups in total. The monoisotopic (exact) mass is 185 g/mol. The van der Waals surface area contributed by atoms with E-state index in [0.29, 0.717) is 24.3 Å². The van der Waals surface area contributed by atoms with Crippen LogP contribution in [0.5, 0.6) is 0 Å². The van der Waals surface area contributed by atoms with E-state index in [1.807, 2.05) is 0 Å². The van der Waals surface area contributed by atoms with Crippen molar-refractivity contribution < 1.29 is 5.11 Å². The second-order valence-electron chi connectivity index (χ2n) is 5.04. The van der Waals surface area contributed by atoms with Gasteiger partial charge in [0.15, 0.2) is 0 Å². The topological polar surface area (TPSA) is 46.2 Å². The molecule has 2 nitrogen and oxygen atoms in total. The largest absolute Gasteiger partial charge is 0.388 e. The first-order valence-electron chi connectivity index (χ1n) is 5.42. The van der Waals surface area contributed by atoms with Crippen LogP contribution in [0.3, 0.4) is 0 Å². The standard InChI is InChI=1S/C11H23NO/c1-8(2)10-5-4-9(3)6-11(10,13)7-12/h8-10,13H,4-7,12H2,1-3H3/t9-,10+,11+/m1/s1. The Morgan fingerprint density at radius 2 is 2.08 bits per heavy atom. The normalized spacial score (nSPS) is 41.1. The number of hydrogen-bond donors (Lipinski definition) is 2. The van der Waals surface area contributed by atoms with Gasteiger partial charge in [-0.1, -0.05) is 27.2 Å². The number of nitrogens with two attached hydrogens (primary N) is 1. The summed E-state index contributed by atoms with van der Waals surface area (Å²) in [4.78, 5) is 0. The van der Waals surface area contributed by atoms with Gasteiger partial charge < -0.3 is 10.8 Å². The minimum absolute atomic E-state index is 0.397. The van der Waals surface area contributed by atoms with Crippen LogP contribution in [-0.4, -0.2) is 17.3 Å². The lowest BCUT2D eigenvalue weighted by Crippen LogP contribution is -2.50. The van der Waals surface area contributed by atoms with E-state index >= 15 is 0 Å². The summed E-state index contributed by atoms with van der Waals surface area (Å²) < 4.78 is 0. The molecule has 0 heterocycles. The van der Waals surface area contributed by atoms with Crippen molar-refractivity contribution in [3.8, 4) is 0 Å². The fourth-order valence-corrected chi connectivity index (χ4v) is 2.78. The van der Waals surface area contributed by atoms with Crippen LogP contribution in [0.2, 0.25) is 0 Å². The Morgan fingerprint density at radius 3 is 2.54 bits per heavy atom. The molecule has 1 fully saturated rings. The lowest BCUT2D eigenvalue weighted by Gasteiger charge is -2.44. The van der Waals surface area contributed by atoms with Crippen molar-refractivity contribution in [2.24, 2.45) is 23.5 Å². The van der Waals surface area contributed by atoms with Gasteiger partial charge >= 0.3 is 0 Å². The summed E-state index contributed by atoms with van der Waals surface area (Å²) in [5.74, 6) is 1.57. The minimum Gasteiger partial charge on any atom is -0.388 e. The van der Waals surface area contributed by atoms with Crippen molar-refractivity contribution in [1.29, 1.82) is 0 Å². The molecule has 13 heavy (non-hydrogen) atoms. The molecule has 1 rings (SSSR count). The smallest absolute Gasteiger partial charge is 0.0802 e. The second-order valence-corrected chi connectivity index (χ2v) is 5.04. The Bertz CT molecular complexity index is 169. The molecule has 0 spiro atoms. The summed E-state index contributed by atoms with van der Waals surface area (Å²) in [7, 11) is 0. The number of rotatable bonds is 2. The zero-order valence-electron chi connectivity index (χ0n) is 9.09. The Balaban J connectivity index is 2.72. The van der Waals surface area contributed by atoms with Gasteiger partial charge in [-0.2, -0.15) is 0 Å². The van der Waals surface area contributed by atoms with Gasteiger partial charge in [-0.3, -0.25) is 0 Å². The van der Waals surface area contributed by atoms with Gasteiger partial charge in [-0.05, 0) is 30.6 Å². The first kappa shape index (κ1) is 11.0. The molecular formula is C11H23NO. The minimum atomic E-state index is -0.591. The van der Waals surface area contributed by atoms with Crippen molar-refractivity contribution in [1.82, 2.24) is 0 Å². The van der Waals surface area contributed by atoms with Crippen molar-refractivity contribution in [3.05, 3.63) is 0 Å². The molecule has 1 saturated carbocycles. The Kier molecular flexibility index (Phi) is 3.36. The van der Waals surface area contributed by atoms with E-state index in [4.69, 9.17) is 5.73 Å². The lowest BCUT2D eigenvalue weighted by molar-refractivity contribution is -0.0724. The maximum atomic E-state index is 10.4. The highest BCUT2D eigenvalue weighted by molar-refractivity contribution is 4.94. The fraction of sp³-hybridized carbons (Fsp3) is 1.00. The van der Waals surface area contributed by atoms with Crippen molar-refractivity contribution in [3.63, 3.8) is 0 Å². The highest BCUT2D eigenvalue weighted by Crippen LogP contribution is 2.40. The summed E-state index contributed by atoms with van der Waals surface area (Å²) >= 11 is 0. The van der Waals surface area contributed by atoms with Crippen LogP contribution in [0.1, 0.15) is 40.0 Å². The van der Waals surface area contributed by atoms with Crippen LogP contribution in [0, 0.1) is 17.8 Å². The van der Waals surface area contributed by atoms with E-state index in [9.17, 15) is 5.11 Å². The van der Waals surface area contributed by atoms with E-state index in [1.54, 1.807) is 0 Å². The third-order valence-electron chi connectivity index (χ3n) is 3.52. The first-order valence-corrected chi connectivity index (χ1v) is 5.42. The molecule has 0 aromatic carbocycles. The van der Waals surface area contributed by atoms with Crippen LogP contribution in [-0.2, 0) is 0 Å². The molecule has 3 atom stereocenters.